The minimum Gasteiger partial charge on any atom is -0.457 e. The van der Waals surface area contributed by atoms with Gasteiger partial charge >= 0.3 is 5.97 Å². The Morgan fingerprint density at radius 1 is 1.18 bits per heavy atom. The summed E-state index contributed by atoms with van der Waals surface area (Å²) in [5.74, 6) is -0.615. The molecule has 0 spiro atoms. The lowest BCUT2D eigenvalue weighted by atomic mass is 10.0. The van der Waals surface area contributed by atoms with Gasteiger partial charge in [0.25, 0.3) is 5.69 Å². The Labute approximate surface area is 161 Å². The van der Waals surface area contributed by atoms with Gasteiger partial charge in [-0.25, -0.2) is 4.79 Å². The van der Waals surface area contributed by atoms with E-state index in [4.69, 9.17) is 4.74 Å². The van der Waals surface area contributed by atoms with E-state index in [1.54, 1.807) is 12.1 Å². The highest BCUT2D eigenvalue weighted by Gasteiger charge is 2.24. The van der Waals surface area contributed by atoms with Crippen molar-refractivity contribution in [1.29, 1.82) is 0 Å². The van der Waals surface area contributed by atoms with Crippen LogP contribution in [-0.4, -0.2) is 22.2 Å². The van der Waals surface area contributed by atoms with Crippen LogP contribution in [0.3, 0.4) is 0 Å². The van der Waals surface area contributed by atoms with Crippen molar-refractivity contribution in [3.63, 3.8) is 0 Å². The number of benzene rings is 2. The molecule has 142 valence electrons. The van der Waals surface area contributed by atoms with Crippen molar-refractivity contribution in [3.8, 4) is 11.3 Å². The maximum Gasteiger partial charge on any atom is 0.341 e. The number of nitrogens with zero attached hydrogens (tertiary/aromatic N) is 1. The number of H-pyrrole nitrogens is 1. The average molecular weight is 378 g/mol. The first-order valence-electron chi connectivity index (χ1n) is 8.71. The number of nitro benzene ring substituents is 1. The van der Waals surface area contributed by atoms with Crippen molar-refractivity contribution in [1.82, 2.24) is 4.98 Å². The minimum atomic E-state index is -0.615. The third-order valence-corrected chi connectivity index (χ3v) is 4.37. The van der Waals surface area contributed by atoms with Crippen LogP contribution in [0, 0.1) is 10.1 Å². The number of non-ortho nitro benzene ring substituents is 1. The SMILES string of the molecule is CCc1c(-c2cccc([N+](=O)[O-])c2)[nH]c(C=O)c1C(=O)OCc1ccccc1. The van der Waals surface area contributed by atoms with Gasteiger partial charge in [-0.2, -0.15) is 0 Å². The summed E-state index contributed by atoms with van der Waals surface area (Å²) in [5.41, 5.74) is 2.62. The third-order valence-electron chi connectivity index (χ3n) is 4.37. The molecule has 0 amide bonds. The monoisotopic (exact) mass is 378 g/mol. The van der Waals surface area contributed by atoms with Crippen LogP contribution in [0.1, 0.15) is 38.9 Å². The minimum absolute atomic E-state index is 0.0741. The van der Waals surface area contributed by atoms with Gasteiger partial charge in [0.15, 0.2) is 6.29 Å². The second-order valence-electron chi connectivity index (χ2n) is 6.11. The molecule has 0 aliphatic heterocycles. The summed E-state index contributed by atoms with van der Waals surface area (Å²) >= 11 is 0. The fourth-order valence-electron chi connectivity index (χ4n) is 3.05. The summed E-state index contributed by atoms with van der Waals surface area (Å²) < 4.78 is 5.38. The molecule has 0 fully saturated rings. The van der Waals surface area contributed by atoms with Crippen LogP contribution in [0.4, 0.5) is 5.69 Å². The van der Waals surface area contributed by atoms with E-state index >= 15 is 0 Å². The van der Waals surface area contributed by atoms with Gasteiger partial charge in [-0.15, -0.1) is 0 Å². The van der Waals surface area contributed by atoms with Crippen LogP contribution >= 0.6 is 0 Å². The lowest BCUT2D eigenvalue weighted by Gasteiger charge is -2.07. The zero-order valence-corrected chi connectivity index (χ0v) is 15.2. The number of carbonyl (C=O) groups excluding carboxylic acids is 2. The van der Waals surface area contributed by atoms with Gasteiger partial charge in [-0.05, 0) is 17.5 Å². The van der Waals surface area contributed by atoms with Crippen molar-refractivity contribution in [2.75, 3.05) is 0 Å². The number of nitrogens with one attached hydrogen (secondary N) is 1. The second kappa shape index (κ2) is 8.30. The number of carbonyl (C=O) groups is 2. The molecule has 0 atom stereocenters. The Morgan fingerprint density at radius 3 is 2.57 bits per heavy atom. The number of hydrogen-bond acceptors (Lipinski definition) is 5. The Kier molecular flexibility index (Phi) is 5.64. The maximum absolute atomic E-state index is 12.7. The largest absolute Gasteiger partial charge is 0.457 e. The average Bonchev–Trinajstić information content (AvgIpc) is 3.11. The summed E-state index contributed by atoms with van der Waals surface area (Å²) in [7, 11) is 0. The molecule has 7 nitrogen and oxygen atoms in total. The van der Waals surface area contributed by atoms with E-state index in [2.05, 4.69) is 4.98 Å². The van der Waals surface area contributed by atoms with Crippen LogP contribution in [0.2, 0.25) is 0 Å². The number of esters is 1. The Morgan fingerprint density at radius 2 is 1.93 bits per heavy atom. The number of aromatic nitrogens is 1. The fraction of sp³-hybridized carbons (Fsp3) is 0.143. The highest BCUT2D eigenvalue weighted by molar-refractivity contribution is 6.01. The Hall–Kier alpha value is -3.74. The van der Waals surface area contributed by atoms with Crippen molar-refractivity contribution in [2.24, 2.45) is 0 Å². The van der Waals surface area contributed by atoms with E-state index in [9.17, 15) is 19.7 Å². The van der Waals surface area contributed by atoms with Gasteiger partial charge < -0.3 is 9.72 Å². The molecule has 3 aromatic rings. The molecule has 1 aromatic heterocycles. The smallest absolute Gasteiger partial charge is 0.341 e. The number of nitro groups is 1. The van der Waals surface area contributed by atoms with Crippen LogP contribution in [0.5, 0.6) is 0 Å². The van der Waals surface area contributed by atoms with E-state index in [0.29, 0.717) is 29.5 Å². The van der Waals surface area contributed by atoms with Crippen molar-refractivity contribution in [3.05, 3.63) is 87.1 Å². The first kappa shape index (κ1) is 19.0. The summed E-state index contributed by atoms with van der Waals surface area (Å²) in [6.45, 7) is 1.92. The van der Waals surface area contributed by atoms with E-state index in [0.717, 1.165) is 5.56 Å². The highest BCUT2D eigenvalue weighted by Crippen LogP contribution is 2.31. The molecule has 0 saturated carbocycles. The quantitative estimate of drug-likeness (QED) is 0.285. The first-order valence-corrected chi connectivity index (χ1v) is 8.71. The molecule has 1 heterocycles. The molecular weight excluding hydrogens is 360 g/mol. The Balaban J connectivity index is 1.98. The molecule has 28 heavy (non-hydrogen) atoms. The topological polar surface area (TPSA) is 102 Å². The summed E-state index contributed by atoms with van der Waals surface area (Å²) in [5, 5.41) is 11.1. The molecule has 0 unspecified atom stereocenters. The molecule has 7 heteroatoms. The normalized spacial score (nSPS) is 10.5. The maximum atomic E-state index is 12.7. The molecule has 1 N–H and O–H groups in total. The van der Waals surface area contributed by atoms with E-state index in [-0.39, 0.29) is 23.6 Å². The predicted octanol–water partition coefficient (Wildman–Crippen LogP) is 4.32. The molecule has 0 radical (unpaired) electrons. The van der Waals surface area contributed by atoms with Gasteiger partial charge in [-0.3, -0.25) is 14.9 Å². The molecule has 3 rings (SSSR count). The van der Waals surface area contributed by atoms with Gasteiger partial charge in [-0.1, -0.05) is 49.4 Å². The third kappa shape index (κ3) is 3.83. The number of aldehydes is 1. The summed E-state index contributed by atoms with van der Waals surface area (Å²) in [4.78, 5) is 37.7. The molecule has 0 aliphatic rings. The number of hydrogen-bond donors (Lipinski definition) is 1. The number of aromatic amines is 1. The van der Waals surface area contributed by atoms with Gasteiger partial charge in [0.2, 0.25) is 0 Å². The lowest BCUT2D eigenvalue weighted by Crippen LogP contribution is -2.09. The number of ether oxygens (including phenoxy) is 1. The summed E-state index contributed by atoms with van der Waals surface area (Å²) in [6, 6.07) is 15.2. The molecule has 2 aromatic carbocycles. The van der Waals surface area contributed by atoms with Gasteiger partial charge in [0, 0.05) is 17.7 Å². The predicted molar refractivity (Wildman–Crippen MR) is 103 cm³/mol. The molecule has 0 bridgehead atoms. The zero-order chi connectivity index (χ0) is 20.1. The van der Waals surface area contributed by atoms with Crippen LogP contribution in [0.25, 0.3) is 11.3 Å². The van der Waals surface area contributed by atoms with Crippen molar-refractivity contribution < 1.29 is 19.2 Å². The lowest BCUT2D eigenvalue weighted by molar-refractivity contribution is -0.384. The van der Waals surface area contributed by atoms with Crippen molar-refractivity contribution in [2.45, 2.75) is 20.0 Å². The molecule has 0 saturated heterocycles. The van der Waals surface area contributed by atoms with E-state index < -0.39 is 10.9 Å². The van der Waals surface area contributed by atoms with Crippen LogP contribution in [0.15, 0.2) is 54.6 Å². The number of rotatable bonds is 7. The zero-order valence-electron chi connectivity index (χ0n) is 15.2. The highest BCUT2D eigenvalue weighted by atomic mass is 16.6. The standard InChI is InChI=1S/C21H18N2O5/c1-2-17-19(21(25)28-13-14-7-4-3-5-8-14)18(12-24)22-20(17)15-9-6-10-16(11-15)23(26)27/h3-12,22H,2,13H2,1H3. The van der Waals surface area contributed by atoms with Gasteiger partial charge in [0.1, 0.15) is 6.61 Å². The molecular formula is C21H18N2O5. The first-order chi connectivity index (χ1) is 13.5. The summed E-state index contributed by atoms with van der Waals surface area (Å²) in [6.07, 6.45) is 0.997. The van der Waals surface area contributed by atoms with Crippen LogP contribution < -0.4 is 0 Å². The van der Waals surface area contributed by atoms with Crippen molar-refractivity contribution >= 4 is 17.9 Å². The van der Waals surface area contributed by atoms with Crippen LogP contribution in [-0.2, 0) is 17.8 Å². The Bertz CT molecular complexity index is 1020. The fourth-order valence-corrected chi connectivity index (χ4v) is 3.05. The second-order valence-corrected chi connectivity index (χ2v) is 6.11. The van der Waals surface area contributed by atoms with Gasteiger partial charge in [0.05, 0.1) is 21.9 Å². The van der Waals surface area contributed by atoms with E-state index in [1.807, 2.05) is 37.3 Å². The molecule has 0 aliphatic carbocycles. The van der Waals surface area contributed by atoms with E-state index in [1.165, 1.54) is 12.1 Å².